The van der Waals surface area contributed by atoms with Crippen molar-refractivity contribution >= 4 is 32.4 Å². The minimum absolute atomic E-state index is 0. The molecule has 0 aromatic carbocycles. The molecule has 2 fully saturated rings. The maximum absolute atomic E-state index is 10.2. The molecule has 0 aromatic heterocycles. The van der Waals surface area contributed by atoms with E-state index >= 15 is 0 Å². The smallest absolute Gasteiger partial charge is 0.731 e. The van der Waals surface area contributed by atoms with E-state index in [9.17, 15) is 35.5 Å². The van der Waals surface area contributed by atoms with Crippen LogP contribution in [0.25, 0.3) is 0 Å². The fourth-order valence-corrected chi connectivity index (χ4v) is 2.37. The van der Waals surface area contributed by atoms with Crippen LogP contribution in [0, 0.1) is 0 Å². The molecule has 0 unspecified atom stereocenters. The molecule has 0 radical (unpaired) electrons. The van der Waals surface area contributed by atoms with E-state index in [0.717, 1.165) is 0 Å². The van der Waals surface area contributed by atoms with E-state index in [0.29, 0.717) is 8.61 Å². The average Bonchev–Trinajstić information content (AvgIpc) is 2.08. The normalized spacial score (nSPS) is 17.7. The second-order valence-corrected chi connectivity index (χ2v) is 5.94. The van der Waals surface area contributed by atoms with Gasteiger partial charge >= 0.3 is 59.1 Å². The minimum atomic E-state index is -4.48. The van der Waals surface area contributed by atoms with Crippen molar-refractivity contribution in [2.45, 2.75) is 12.8 Å². The number of amides is 2. The first-order valence-electron chi connectivity index (χ1n) is 4.56. The van der Waals surface area contributed by atoms with Crippen molar-refractivity contribution in [3.05, 3.63) is 0 Å². The molecule has 104 valence electrons. The topological polar surface area (TPSA) is 155 Å². The standard InChI is InChI=1S/2C3H5NO4S.2Na/c2*5-3-1-2-4(3)9(6,7)8;;/h2*1-2H2,(H,6,7,8);;/q;;2*+1/p-2. The molecule has 0 aliphatic carbocycles. The number of rotatable bonds is 2. The van der Waals surface area contributed by atoms with Gasteiger partial charge in [-0.15, -0.1) is 0 Å². The van der Waals surface area contributed by atoms with Crippen LogP contribution in [-0.4, -0.2) is 59.5 Å². The van der Waals surface area contributed by atoms with Gasteiger partial charge < -0.3 is 9.11 Å². The summed E-state index contributed by atoms with van der Waals surface area (Å²) < 4.78 is 60.5. The van der Waals surface area contributed by atoms with Crippen molar-refractivity contribution in [1.29, 1.82) is 0 Å². The molecular weight excluding hydrogens is 338 g/mol. The molecule has 0 saturated carbocycles. The Bertz CT molecular complexity index is 522. The SMILES string of the molecule is O=C1CCN1S(=O)(=O)[O-].O=C1CCN1S(=O)(=O)[O-].[Na+].[Na+]. The molecule has 20 heavy (non-hydrogen) atoms. The molecule has 2 rings (SSSR count). The maximum atomic E-state index is 10.2. The van der Waals surface area contributed by atoms with E-state index in [1.807, 2.05) is 0 Å². The summed E-state index contributed by atoms with van der Waals surface area (Å²) >= 11 is 0. The molecule has 0 atom stereocenters. The van der Waals surface area contributed by atoms with Crippen LogP contribution < -0.4 is 59.1 Å². The third kappa shape index (κ3) is 6.25. The summed E-state index contributed by atoms with van der Waals surface area (Å²) in [7, 11) is -8.96. The van der Waals surface area contributed by atoms with E-state index < -0.39 is 32.4 Å². The molecular formula is C6H8N2Na2O8S2. The Morgan fingerprint density at radius 2 is 1.00 bits per heavy atom. The first kappa shape index (κ1) is 23.0. The Labute approximate surface area is 160 Å². The summed E-state index contributed by atoms with van der Waals surface area (Å²) in [5.74, 6) is -1.21. The van der Waals surface area contributed by atoms with Gasteiger partial charge in [0.2, 0.25) is 11.8 Å². The van der Waals surface area contributed by atoms with E-state index in [-0.39, 0.29) is 85.0 Å². The van der Waals surface area contributed by atoms with Crippen LogP contribution in [-0.2, 0) is 30.2 Å². The van der Waals surface area contributed by atoms with Crippen LogP contribution in [0.15, 0.2) is 0 Å². The number of carbonyl (C=O) groups is 2. The average molecular weight is 346 g/mol. The van der Waals surface area contributed by atoms with Gasteiger partial charge in [-0.05, 0) is 0 Å². The quantitative estimate of drug-likeness (QED) is 0.271. The number of β-lactam (4-membered cyclic amide) rings is 2. The summed E-state index contributed by atoms with van der Waals surface area (Å²) in [6, 6.07) is 0. The first-order valence-corrected chi connectivity index (χ1v) is 7.29. The van der Waals surface area contributed by atoms with Crippen molar-refractivity contribution in [2.75, 3.05) is 13.1 Å². The van der Waals surface area contributed by atoms with Crippen LogP contribution in [0.4, 0.5) is 0 Å². The molecule has 2 amide bonds. The molecule has 0 aromatic rings. The van der Waals surface area contributed by atoms with Gasteiger partial charge in [0.15, 0.2) is 20.6 Å². The molecule has 14 heteroatoms. The molecule has 2 aliphatic heterocycles. The maximum Gasteiger partial charge on any atom is 1.00 e. The van der Waals surface area contributed by atoms with Crippen LogP contribution >= 0.6 is 0 Å². The Hall–Kier alpha value is 0.760. The van der Waals surface area contributed by atoms with Crippen molar-refractivity contribution in [3.63, 3.8) is 0 Å². The Morgan fingerprint density at radius 1 is 0.750 bits per heavy atom. The van der Waals surface area contributed by atoms with Crippen molar-refractivity contribution < 1.29 is 94.6 Å². The minimum Gasteiger partial charge on any atom is -0.731 e. The van der Waals surface area contributed by atoms with Crippen molar-refractivity contribution in [2.24, 2.45) is 0 Å². The predicted octanol–water partition coefficient (Wildman–Crippen LogP) is -8.63. The zero-order valence-corrected chi connectivity index (χ0v) is 16.4. The van der Waals surface area contributed by atoms with E-state index in [1.54, 1.807) is 0 Å². The summed E-state index contributed by atoms with van der Waals surface area (Å²) in [6.07, 6.45) is 0.336. The monoisotopic (exact) mass is 346 g/mol. The molecule has 0 N–H and O–H groups in total. The molecule has 2 aliphatic rings. The summed E-state index contributed by atoms with van der Waals surface area (Å²) in [5.41, 5.74) is 0. The Balaban J connectivity index is 0. The Morgan fingerprint density at radius 3 is 1.00 bits per heavy atom. The zero-order chi connectivity index (χ0) is 14.1. The molecule has 2 heterocycles. The molecule has 0 spiro atoms. The van der Waals surface area contributed by atoms with E-state index in [4.69, 9.17) is 0 Å². The fourth-order valence-electron chi connectivity index (χ4n) is 1.06. The second kappa shape index (κ2) is 8.41. The zero-order valence-electron chi connectivity index (χ0n) is 10.8. The number of carbonyl (C=O) groups excluding carboxylic acids is 2. The number of hydrogen-bond donors (Lipinski definition) is 0. The third-order valence-corrected chi connectivity index (χ3v) is 4.01. The first-order chi connectivity index (χ1) is 8.03. The largest absolute Gasteiger partial charge is 1.00 e. The van der Waals surface area contributed by atoms with E-state index in [1.165, 1.54) is 0 Å². The van der Waals surface area contributed by atoms with Gasteiger partial charge in [-0.25, -0.2) is 25.4 Å². The number of hydrogen-bond acceptors (Lipinski definition) is 8. The van der Waals surface area contributed by atoms with Gasteiger partial charge in [-0.1, -0.05) is 0 Å². The van der Waals surface area contributed by atoms with Gasteiger partial charge in [0.05, 0.1) is 0 Å². The fraction of sp³-hybridized carbons (Fsp3) is 0.667. The second-order valence-electron chi connectivity index (χ2n) is 3.35. The Kier molecular flexibility index (Phi) is 9.68. The summed E-state index contributed by atoms with van der Waals surface area (Å²) in [6.45, 7) is 0.0926. The van der Waals surface area contributed by atoms with Gasteiger partial charge in [0.1, 0.15) is 0 Å². The van der Waals surface area contributed by atoms with E-state index in [2.05, 4.69) is 0 Å². The molecule has 0 bridgehead atoms. The van der Waals surface area contributed by atoms with Crippen LogP contribution in [0.5, 0.6) is 0 Å². The summed E-state index contributed by atoms with van der Waals surface area (Å²) in [5, 5.41) is 0. The van der Waals surface area contributed by atoms with Gasteiger partial charge in [0, 0.05) is 25.9 Å². The van der Waals surface area contributed by atoms with Crippen molar-refractivity contribution in [1.82, 2.24) is 8.61 Å². The van der Waals surface area contributed by atoms with Crippen LogP contribution in [0.1, 0.15) is 12.8 Å². The van der Waals surface area contributed by atoms with Gasteiger partial charge in [-0.3, -0.25) is 9.59 Å². The molecule has 2 saturated heterocycles. The predicted molar refractivity (Wildman–Crippen MR) is 52.1 cm³/mol. The van der Waals surface area contributed by atoms with Crippen LogP contribution in [0.3, 0.4) is 0 Å². The van der Waals surface area contributed by atoms with Crippen LogP contribution in [0.2, 0.25) is 0 Å². The third-order valence-electron chi connectivity index (χ3n) is 2.15. The van der Waals surface area contributed by atoms with Gasteiger partial charge in [0.25, 0.3) is 0 Å². The van der Waals surface area contributed by atoms with Gasteiger partial charge in [-0.2, -0.15) is 0 Å². The number of nitrogens with zero attached hydrogens (tertiary/aromatic N) is 2. The van der Waals surface area contributed by atoms with Crippen molar-refractivity contribution in [3.8, 4) is 0 Å². The summed E-state index contributed by atoms with van der Waals surface area (Å²) in [4.78, 5) is 20.4. The molecule has 10 nitrogen and oxygen atoms in total.